The summed E-state index contributed by atoms with van der Waals surface area (Å²) >= 11 is 0. The normalized spacial score (nSPS) is 25.6. The molecule has 22 heavy (non-hydrogen) atoms. The van der Waals surface area contributed by atoms with Gasteiger partial charge in [0.05, 0.1) is 6.61 Å². The first-order chi connectivity index (χ1) is 10.6. The van der Waals surface area contributed by atoms with Crippen LogP contribution >= 0.6 is 0 Å². The molecule has 1 aromatic rings. The van der Waals surface area contributed by atoms with Crippen LogP contribution in [0.4, 0.5) is 5.82 Å². The number of hydrogen-bond acceptors (Lipinski definition) is 4. The van der Waals surface area contributed by atoms with Gasteiger partial charge in [-0.05, 0) is 42.7 Å². The summed E-state index contributed by atoms with van der Waals surface area (Å²) < 4.78 is 0. The number of anilines is 1. The Morgan fingerprint density at radius 1 is 1.27 bits per heavy atom. The highest BCUT2D eigenvalue weighted by Crippen LogP contribution is 2.32. The summed E-state index contributed by atoms with van der Waals surface area (Å²) in [4.78, 5) is 9.44. The van der Waals surface area contributed by atoms with Gasteiger partial charge in [-0.3, -0.25) is 4.90 Å². The van der Waals surface area contributed by atoms with Crippen LogP contribution in [0.5, 0.6) is 0 Å². The number of aliphatic hydroxyl groups is 1. The van der Waals surface area contributed by atoms with Gasteiger partial charge in [-0.2, -0.15) is 0 Å². The maximum atomic E-state index is 9.63. The third kappa shape index (κ3) is 3.61. The van der Waals surface area contributed by atoms with Gasteiger partial charge in [-0.1, -0.05) is 19.9 Å². The minimum Gasteiger partial charge on any atom is -0.395 e. The number of aromatic nitrogens is 1. The third-order valence-electron chi connectivity index (χ3n) is 5.14. The fraction of sp³-hybridized carbons (Fsp3) is 0.722. The second kappa shape index (κ2) is 6.55. The van der Waals surface area contributed by atoms with Gasteiger partial charge in [-0.15, -0.1) is 0 Å². The van der Waals surface area contributed by atoms with Crippen molar-refractivity contribution in [1.29, 1.82) is 0 Å². The second-order valence-corrected chi connectivity index (χ2v) is 7.66. The Kier molecular flexibility index (Phi) is 4.69. The number of pyridine rings is 1. The van der Waals surface area contributed by atoms with Gasteiger partial charge in [0.25, 0.3) is 0 Å². The van der Waals surface area contributed by atoms with E-state index in [9.17, 15) is 5.11 Å². The molecule has 2 aliphatic heterocycles. The summed E-state index contributed by atoms with van der Waals surface area (Å²) in [7, 11) is 0. The zero-order valence-corrected chi connectivity index (χ0v) is 14.0. The quantitative estimate of drug-likeness (QED) is 0.928. The summed E-state index contributed by atoms with van der Waals surface area (Å²) in [6.07, 6.45) is 6.86. The highest BCUT2D eigenvalue weighted by atomic mass is 16.3. The molecule has 0 aromatic carbocycles. The topological polar surface area (TPSA) is 39.6 Å². The van der Waals surface area contributed by atoms with Crippen molar-refractivity contribution >= 4 is 5.82 Å². The Balaban J connectivity index is 1.65. The molecule has 122 valence electrons. The molecule has 2 saturated heterocycles. The van der Waals surface area contributed by atoms with Crippen LogP contribution in [-0.4, -0.2) is 47.3 Å². The molecule has 1 aromatic heterocycles. The molecule has 1 atom stereocenters. The van der Waals surface area contributed by atoms with Crippen molar-refractivity contribution in [3.8, 4) is 0 Å². The smallest absolute Gasteiger partial charge is 0.128 e. The lowest BCUT2D eigenvalue weighted by Gasteiger charge is -2.43. The lowest BCUT2D eigenvalue weighted by atomic mass is 9.81. The lowest BCUT2D eigenvalue weighted by Crippen LogP contribution is -2.47. The maximum Gasteiger partial charge on any atom is 0.128 e. The van der Waals surface area contributed by atoms with Crippen molar-refractivity contribution in [2.75, 3.05) is 31.1 Å². The summed E-state index contributed by atoms with van der Waals surface area (Å²) in [6, 6.07) is 4.66. The van der Waals surface area contributed by atoms with Crippen LogP contribution in [0, 0.1) is 5.41 Å². The molecule has 0 amide bonds. The SMILES string of the molecule is CC1(C)CCC(CO)N(Cc2ccc(N3CCCC3)nc2)C1. The molecule has 0 bridgehead atoms. The Labute approximate surface area is 134 Å². The minimum absolute atomic E-state index is 0.259. The number of aliphatic hydroxyl groups excluding tert-OH is 1. The zero-order valence-electron chi connectivity index (χ0n) is 14.0. The molecule has 3 rings (SSSR count). The van der Waals surface area contributed by atoms with E-state index >= 15 is 0 Å². The molecule has 0 aliphatic carbocycles. The molecular formula is C18H29N3O. The molecule has 3 heterocycles. The minimum atomic E-state index is 0.259. The van der Waals surface area contributed by atoms with Crippen molar-refractivity contribution in [3.63, 3.8) is 0 Å². The number of hydrogen-bond donors (Lipinski definition) is 1. The molecule has 2 aliphatic rings. The first-order valence-corrected chi connectivity index (χ1v) is 8.62. The van der Waals surface area contributed by atoms with Crippen LogP contribution in [0.3, 0.4) is 0 Å². The van der Waals surface area contributed by atoms with Gasteiger partial charge in [0.15, 0.2) is 0 Å². The fourth-order valence-electron chi connectivity index (χ4n) is 3.77. The van der Waals surface area contributed by atoms with E-state index in [0.717, 1.165) is 38.4 Å². The number of rotatable bonds is 4. The van der Waals surface area contributed by atoms with E-state index < -0.39 is 0 Å². The van der Waals surface area contributed by atoms with Crippen LogP contribution in [0.15, 0.2) is 18.3 Å². The van der Waals surface area contributed by atoms with E-state index in [4.69, 9.17) is 0 Å². The molecule has 1 unspecified atom stereocenters. The van der Waals surface area contributed by atoms with Crippen LogP contribution < -0.4 is 4.90 Å². The van der Waals surface area contributed by atoms with E-state index in [0.29, 0.717) is 11.5 Å². The Morgan fingerprint density at radius 3 is 2.68 bits per heavy atom. The van der Waals surface area contributed by atoms with Crippen LogP contribution in [-0.2, 0) is 6.54 Å². The van der Waals surface area contributed by atoms with Gasteiger partial charge in [0, 0.05) is 38.4 Å². The first-order valence-electron chi connectivity index (χ1n) is 8.62. The van der Waals surface area contributed by atoms with Crippen LogP contribution in [0.2, 0.25) is 0 Å². The van der Waals surface area contributed by atoms with Gasteiger partial charge < -0.3 is 10.0 Å². The maximum absolute atomic E-state index is 9.63. The van der Waals surface area contributed by atoms with Crippen molar-refractivity contribution in [3.05, 3.63) is 23.9 Å². The summed E-state index contributed by atoms with van der Waals surface area (Å²) in [5.41, 5.74) is 1.59. The number of nitrogens with zero attached hydrogens (tertiary/aromatic N) is 3. The van der Waals surface area contributed by atoms with E-state index in [1.807, 2.05) is 6.20 Å². The predicted molar refractivity (Wildman–Crippen MR) is 90.0 cm³/mol. The van der Waals surface area contributed by atoms with Gasteiger partial charge in [0.2, 0.25) is 0 Å². The molecule has 2 fully saturated rings. The number of piperidine rings is 1. The zero-order chi connectivity index (χ0) is 15.6. The second-order valence-electron chi connectivity index (χ2n) is 7.66. The Bertz CT molecular complexity index is 480. The van der Waals surface area contributed by atoms with E-state index in [2.05, 4.69) is 40.8 Å². The monoisotopic (exact) mass is 303 g/mol. The molecule has 1 N–H and O–H groups in total. The summed E-state index contributed by atoms with van der Waals surface area (Å²) in [5.74, 6) is 1.11. The van der Waals surface area contributed by atoms with E-state index in [-0.39, 0.29) is 6.61 Å². The van der Waals surface area contributed by atoms with Gasteiger partial charge in [0.1, 0.15) is 5.82 Å². The summed E-state index contributed by atoms with van der Waals surface area (Å²) in [6.45, 7) is 9.12. The number of likely N-dealkylation sites (tertiary alicyclic amines) is 1. The molecule has 0 spiro atoms. The van der Waals surface area contributed by atoms with Crippen LogP contribution in [0.25, 0.3) is 0 Å². The molecule has 0 radical (unpaired) electrons. The Morgan fingerprint density at radius 2 is 2.05 bits per heavy atom. The standard InChI is InChI=1S/C18H29N3O/c1-18(2)8-7-16(13-22)21(14-18)12-15-5-6-17(19-11-15)20-9-3-4-10-20/h5-6,11,16,22H,3-4,7-10,12-14H2,1-2H3. The van der Waals surface area contributed by atoms with Crippen molar-refractivity contribution in [1.82, 2.24) is 9.88 Å². The first kappa shape index (κ1) is 15.8. The van der Waals surface area contributed by atoms with Crippen molar-refractivity contribution < 1.29 is 5.11 Å². The highest BCUT2D eigenvalue weighted by molar-refractivity contribution is 5.40. The largest absolute Gasteiger partial charge is 0.395 e. The van der Waals surface area contributed by atoms with E-state index in [1.54, 1.807) is 0 Å². The highest BCUT2D eigenvalue weighted by Gasteiger charge is 2.32. The average Bonchev–Trinajstić information content (AvgIpc) is 3.02. The van der Waals surface area contributed by atoms with Gasteiger partial charge >= 0.3 is 0 Å². The summed E-state index contributed by atoms with van der Waals surface area (Å²) in [5, 5.41) is 9.63. The van der Waals surface area contributed by atoms with Crippen molar-refractivity contribution in [2.24, 2.45) is 5.41 Å². The third-order valence-corrected chi connectivity index (χ3v) is 5.14. The molecule has 4 nitrogen and oxygen atoms in total. The average molecular weight is 303 g/mol. The van der Waals surface area contributed by atoms with Gasteiger partial charge in [-0.25, -0.2) is 4.98 Å². The Hall–Kier alpha value is -1.13. The van der Waals surface area contributed by atoms with Crippen LogP contribution in [0.1, 0.15) is 45.1 Å². The lowest BCUT2D eigenvalue weighted by molar-refractivity contribution is 0.0261. The molecular weight excluding hydrogens is 274 g/mol. The molecule has 4 heteroatoms. The predicted octanol–water partition coefficient (Wildman–Crippen LogP) is 2.66. The fourth-order valence-corrected chi connectivity index (χ4v) is 3.77. The molecule has 0 saturated carbocycles. The van der Waals surface area contributed by atoms with Crippen molar-refractivity contribution in [2.45, 2.75) is 52.1 Å². The van der Waals surface area contributed by atoms with E-state index in [1.165, 1.54) is 24.8 Å².